The van der Waals surface area contributed by atoms with E-state index in [9.17, 15) is 8.42 Å². The van der Waals surface area contributed by atoms with Gasteiger partial charge in [-0.15, -0.1) is 11.3 Å². The van der Waals surface area contributed by atoms with Crippen molar-refractivity contribution in [2.75, 3.05) is 13.2 Å². The molecule has 0 radical (unpaired) electrons. The summed E-state index contributed by atoms with van der Waals surface area (Å²) in [5.74, 6) is 0. The molecule has 0 bridgehead atoms. The summed E-state index contributed by atoms with van der Waals surface area (Å²) < 4.78 is 27.6. The average molecular weight is 326 g/mol. The van der Waals surface area contributed by atoms with Crippen LogP contribution in [-0.4, -0.2) is 26.7 Å². The number of hydrogen-bond acceptors (Lipinski definition) is 4. The molecule has 4 nitrogen and oxygen atoms in total. The van der Waals surface area contributed by atoms with E-state index in [0.29, 0.717) is 17.3 Å². The molecule has 0 aliphatic carbocycles. The Kier molecular flexibility index (Phi) is 5.82. The van der Waals surface area contributed by atoms with Gasteiger partial charge in [0, 0.05) is 13.2 Å². The summed E-state index contributed by atoms with van der Waals surface area (Å²) in [6.07, 6.45) is 1.43. The Morgan fingerprint density at radius 1 is 1.47 bits per heavy atom. The van der Waals surface area contributed by atoms with Crippen LogP contribution in [0.25, 0.3) is 0 Å². The molecule has 0 amide bonds. The first kappa shape index (κ1) is 16.9. The van der Waals surface area contributed by atoms with Crippen LogP contribution in [0.3, 0.4) is 0 Å². The minimum atomic E-state index is -3.50. The molecule has 0 fully saturated rings. The lowest BCUT2D eigenvalue weighted by Gasteiger charge is -2.24. The average Bonchev–Trinajstić information content (AvgIpc) is 2.66. The lowest BCUT2D eigenvalue weighted by atomic mass is 9.88. The van der Waals surface area contributed by atoms with Crippen LogP contribution in [0.4, 0.5) is 0 Å². The smallest absolute Gasteiger partial charge is 0.250 e. The molecule has 0 spiro atoms. The van der Waals surface area contributed by atoms with Crippen molar-refractivity contribution in [3.8, 4) is 0 Å². The Balaban J connectivity index is 2.70. The Bertz CT molecular complexity index is 504. The van der Waals surface area contributed by atoms with Crippen LogP contribution in [0.2, 0.25) is 4.34 Å². The fraction of sp³-hybridized carbons (Fsp3) is 0.667. The molecule has 1 aromatic rings. The second kappa shape index (κ2) is 6.54. The van der Waals surface area contributed by atoms with Crippen LogP contribution >= 0.6 is 22.9 Å². The van der Waals surface area contributed by atoms with Crippen molar-refractivity contribution in [1.29, 1.82) is 0 Å². The van der Waals surface area contributed by atoms with Gasteiger partial charge < -0.3 is 5.11 Å². The number of aryl methyl sites for hydroxylation is 1. The van der Waals surface area contributed by atoms with Gasteiger partial charge in [-0.05, 0) is 36.8 Å². The largest absolute Gasteiger partial charge is 0.396 e. The number of thiophene rings is 1. The molecular formula is C12H20ClNO3S2. The maximum atomic E-state index is 12.1. The number of rotatable bonds is 7. The topological polar surface area (TPSA) is 66.4 Å². The van der Waals surface area contributed by atoms with Crippen molar-refractivity contribution in [2.24, 2.45) is 5.41 Å². The van der Waals surface area contributed by atoms with Gasteiger partial charge in [0.05, 0.1) is 4.34 Å². The number of hydrogen-bond donors (Lipinski definition) is 2. The predicted octanol–water partition coefficient (Wildman–Crippen LogP) is 2.79. The minimum Gasteiger partial charge on any atom is -0.396 e. The number of halogens is 1. The van der Waals surface area contributed by atoms with Crippen LogP contribution < -0.4 is 4.72 Å². The Morgan fingerprint density at radius 3 is 2.58 bits per heavy atom. The molecule has 0 aliphatic rings. The highest BCUT2D eigenvalue weighted by Crippen LogP contribution is 2.30. The van der Waals surface area contributed by atoms with E-state index in [-0.39, 0.29) is 16.2 Å². The van der Waals surface area contributed by atoms with Crippen LogP contribution in [0, 0.1) is 12.3 Å². The molecule has 0 saturated heterocycles. The molecule has 0 aromatic carbocycles. The van der Waals surface area contributed by atoms with Gasteiger partial charge in [-0.3, -0.25) is 0 Å². The lowest BCUT2D eigenvalue weighted by Crippen LogP contribution is -2.33. The second-order valence-electron chi connectivity index (χ2n) is 5.34. The molecular weight excluding hydrogens is 306 g/mol. The number of sulfonamides is 1. The standard InChI is InChI=1S/C12H20ClNO3S2/c1-9-7-10(18-11(9)13)19(16,17)14-8-12(2,3)5-4-6-15/h7,14-15H,4-6,8H2,1-3H3. The van der Waals surface area contributed by atoms with Crippen LogP contribution in [0.15, 0.2) is 10.3 Å². The van der Waals surface area contributed by atoms with E-state index in [2.05, 4.69) is 4.72 Å². The Morgan fingerprint density at radius 2 is 2.11 bits per heavy atom. The Hall–Kier alpha value is -0.140. The van der Waals surface area contributed by atoms with Crippen molar-refractivity contribution in [3.05, 3.63) is 16.0 Å². The first-order valence-corrected chi connectivity index (χ1v) is 8.72. The van der Waals surface area contributed by atoms with Crippen LogP contribution in [0.1, 0.15) is 32.3 Å². The number of aliphatic hydroxyl groups is 1. The van der Waals surface area contributed by atoms with Crippen molar-refractivity contribution < 1.29 is 13.5 Å². The molecule has 1 heterocycles. The molecule has 0 aliphatic heterocycles. The van der Waals surface area contributed by atoms with E-state index >= 15 is 0 Å². The summed E-state index contributed by atoms with van der Waals surface area (Å²) in [7, 11) is -3.50. The highest BCUT2D eigenvalue weighted by Gasteiger charge is 2.23. The molecule has 7 heteroatoms. The predicted molar refractivity (Wildman–Crippen MR) is 79.4 cm³/mol. The van der Waals surface area contributed by atoms with Gasteiger partial charge in [-0.1, -0.05) is 25.4 Å². The quantitative estimate of drug-likeness (QED) is 0.810. The zero-order valence-electron chi connectivity index (χ0n) is 11.4. The second-order valence-corrected chi connectivity index (χ2v) is 8.99. The van der Waals surface area contributed by atoms with Gasteiger partial charge in [-0.2, -0.15) is 0 Å². The molecule has 1 aromatic heterocycles. The highest BCUT2D eigenvalue weighted by molar-refractivity contribution is 7.91. The molecule has 110 valence electrons. The highest BCUT2D eigenvalue weighted by atomic mass is 35.5. The van der Waals surface area contributed by atoms with Gasteiger partial charge in [0.2, 0.25) is 10.0 Å². The third-order valence-electron chi connectivity index (χ3n) is 2.85. The van der Waals surface area contributed by atoms with Crippen LogP contribution in [0.5, 0.6) is 0 Å². The van der Waals surface area contributed by atoms with Gasteiger partial charge in [-0.25, -0.2) is 13.1 Å². The lowest BCUT2D eigenvalue weighted by molar-refractivity contribution is 0.242. The molecule has 2 N–H and O–H groups in total. The van der Waals surface area contributed by atoms with Crippen molar-refractivity contribution in [2.45, 2.75) is 37.8 Å². The van der Waals surface area contributed by atoms with Crippen molar-refractivity contribution >= 4 is 33.0 Å². The van der Waals surface area contributed by atoms with E-state index in [1.165, 1.54) is 0 Å². The zero-order chi connectivity index (χ0) is 14.7. The van der Waals surface area contributed by atoms with Gasteiger partial charge in [0.1, 0.15) is 4.21 Å². The number of aliphatic hydroxyl groups excluding tert-OH is 1. The SMILES string of the molecule is Cc1cc(S(=O)(=O)NCC(C)(C)CCCO)sc1Cl. The summed E-state index contributed by atoms with van der Waals surface area (Å²) in [5, 5.41) is 8.82. The first-order valence-electron chi connectivity index (χ1n) is 6.04. The summed E-state index contributed by atoms with van der Waals surface area (Å²) in [6, 6.07) is 1.58. The van der Waals surface area contributed by atoms with Gasteiger partial charge in [0.25, 0.3) is 0 Å². The maximum absolute atomic E-state index is 12.1. The van der Waals surface area contributed by atoms with E-state index in [1.54, 1.807) is 13.0 Å². The maximum Gasteiger partial charge on any atom is 0.250 e. The van der Waals surface area contributed by atoms with Crippen molar-refractivity contribution in [3.63, 3.8) is 0 Å². The summed E-state index contributed by atoms with van der Waals surface area (Å²) >= 11 is 6.96. The summed E-state index contributed by atoms with van der Waals surface area (Å²) in [5.41, 5.74) is 0.581. The Labute approximate surface area is 123 Å². The van der Waals surface area contributed by atoms with Crippen molar-refractivity contribution in [1.82, 2.24) is 4.72 Å². The van der Waals surface area contributed by atoms with Crippen LogP contribution in [-0.2, 0) is 10.0 Å². The molecule has 19 heavy (non-hydrogen) atoms. The fourth-order valence-electron chi connectivity index (χ4n) is 1.57. The molecule has 1 rings (SSSR count). The fourth-order valence-corrected chi connectivity index (χ4v) is 4.57. The van der Waals surface area contributed by atoms with E-state index in [0.717, 1.165) is 23.3 Å². The summed E-state index contributed by atoms with van der Waals surface area (Å²) in [6.45, 7) is 6.18. The zero-order valence-corrected chi connectivity index (χ0v) is 13.8. The third-order valence-corrected chi connectivity index (χ3v) is 6.28. The molecule has 0 saturated carbocycles. The monoisotopic (exact) mass is 325 g/mol. The van der Waals surface area contributed by atoms with Gasteiger partial charge in [0.15, 0.2) is 0 Å². The number of nitrogens with one attached hydrogen (secondary N) is 1. The summed E-state index contributed by atoms with van der Waals surface area (Å²) in [4.78, 5) is 0. The normalized spacial score (nSPS) is 12.9. The first-order chi connectivity index (χ1) is 8.68. The van der Waals surface area contributed by atoms with E-state index < -0.39 is 10.0 Å². The minimum absolute atomic E-state index is 0.121. The van der Waals surface area contributed by atoms with E-state index in [4.69, 9.17) is 16.7 Å². The van der Waals surface area contributed by atoms with E-state index in [1.807, 2.05) is 13.8 Å². The third kappa shape index (κ3) is 5.04. The molecule has 0 atom stereocenters. The molecule has 0 unspecified atom stereocenters. The van der Waals surface area contributed by atoms with Gasteiger partial charge >= 0.3 is 0 Å².